The molecule has 1 aromatic rings. The van der Waals surface area contributed by atoms with Crippen molar-refractivity contribution < 1.29 is 0 Å². The maximum absolute atomic E-state index is 6.05. The summed E-state index contributed by atoms with van der Waals surface area (Å²) in [5.41, 5.74) is 1.44. The van der Waals surface area contributed by atoms with Crippen molar-refractivity contribution in [3.05, 3.63) is 22.4 Å². The van der Waals surface area contributed by atoms with Crippen molar-refractivity contribution in [1.82, 2.24) is 4.90 Å². The summed E-state index contributed by atoms with van der Waals surface area (Å²) in [6, 6.07) is 2.81. The van der Waals surface area contributed by atoms with E-state index in [1.165, 1.54) is 37.8 Å². The summed E-state index contributed by atoms with van der Waals surface area (Å²) in [6.45, 7) is 2.30. The second-order valence-corrected chi connectivity index (χ2v) is 5.35. The molecule has 0 radical (unpaired) electrons. The molecule has 1 saturated heterocycles. The molecule has 1 nitrogen and oxygen atoms in total. The fourth-order valence-electron chi connectivity index (χ4n) is 2.24. The number of hydrogen-bond donors (Lipinski definition) is 0. The van der Waals surface area contributed by atoms with E-state index in [2.05, 4.69) is 21.7 Å². The van der Waals surface area contributed by atoms with Crippen LogP contribution in [-0.2, 0) is 6.54 Å². The highest BCUT2D eigenvalue weighted by molar-refractivity contribution is 7.07. The summed E-state index contributed by atoms with van der Waals surface area (Å²) in [7, 11) is 0. The number of nitrogens with zero attached hydrogens (tertiary/aromatic N) is 1. The van der Waals surface area contributed by atoms with Gasteiger partial charge in [-0.2, -0.15) is 11.3 Å². The summed E-state index contributed by atoms with van der Waals surface area (Å²) in [4.78, 5) is 2.56. The second-order valence-electron chi connectivity index (χ2n) is 4.26. The van der Waals surface area contributed by atoms with Crippen LogP contribution < -0.4 is 0 Å². The molecule has 0 aliphatic carbocycles. The highest BCUT2D eigenvalue weighted by atomic mass is 35.5. The Kier molecular flexibility index (Phi) is 4.48. The average molecular weight is 244 g/mol. The first-order chi connectivity index (χ1) is 7.40. The Morgan fingerprint density at radius 3 is 3.07 bits per heavy atom. The normalized spacial score (nSPS) is 23.9. The van der Waals surface area contributed by atoms with Crippen LogP contribution in [0.25, 0.3) is 0 Å². The Labute approximate surface area is 101 Å². The third-order valence-corrected chi connectivity index (χ3v) is 4.23. The van der Waals surface area contributed by atoms with E-state index in [-0.39, 0.29) is 0 Å². The molecule has 0 N–H and O–H groups in total. The number of alkyl halides is 1. The second kappa shape index (κ2) is 5.88. The molecule has 15 heavy (non-hydrogen) atoms. The molecular formula is C12H18ClNS. The summed E-state index contributed by atoms with van der Waals surface area (Å²) >= 11 is 7.83. The third-order valence-electron chi connectivity index (χ3n) is 3.14. The summed E-state index contributed by atoms with van der Waals surface area (Å²) in [5, 5.41) is 4.40. The standard InChI is InChI=1S/C12H18ClNS/c13-8-12-4-2-1-3-6-14(12)9-11-5-7-15-10-11/h5,7,10,12H,1-4,6,8-9H2. The quantitative estimate of drug-likeness (QED) is 0.732. The van der Waals surface area contributed by atoms with Gasteiger partial charge < -0.3 is 0 Å². The Morgan fingerprint density at radius 1 is 1.40 bits per heavy atom. The first-order valence-electron chi connectivity index (χ1n) is 5.71. The van der Waals surface area contributed by atoms with Crippen LogP contribution in [-0.4, -0.2) is 23.4 Å². The molecular weight excluding hydrogens is 226 g/mol. The lowest BCUT2D eigenvalue weighted by Crippen LogP contribution is -2.35. The highest BCUT2D eigenvalue weighted by Gasteiger charge is 2.19. The molecule has 1 fully saturated rings. The van der Waals surface area contributed by atoms with Crippen LogP contribution in [0.3, 0.4) is 0 Å². The summed E-state index contributed by atoms with van der Waals surface area (Å²) < 4.78 is 0. The van der Waals surface area contributed by atoms with E-state index >= 15 is 0 Å². The van der Waals surface area contributed by atoms with E-state index in [1.54, 1.807) is 11.3 Å². The minimum absolute atomic E-state index is 0.592. The molecule has 0 spiro atoms. The zero-order valence-corrected chi connectivity index (χ0v) is 10.6. The number of thiophene rings is 1. The minimum atomic E-state index is 0.592. The first kappa shape index (κ1) is 11.4. The Hall–Kier alpha value is -0.0500. The molecule has 1 aromatic heterocycles. The van der Waals surface area contributed by atoms with Gasteiger partial charge >= 0.3 is 0 Å². The number of rotatable bonds is 3. The summed E-state index contributed by atoms with van der Waals surface area (Å²) in [5.74, 6) is 0.782. The number of halogens is 1. The van der Waals surface area contributed by atoms with Gasteiger partial charge in [-0.1, -0.05) is 12.8 Å². The van der Waals surface area contributed by atoms with Gasteiger partial charge in [-0.15, -0.1) is 11.6 Å². The molecule has 1 aliphatic heterocycles. The Bertz CT molecular complexity index is 273. The fraction of sp³-hybridized carbons (Fsp3) is 0.667. The first-order valence-corrected chi connectivity index (χ1v) is 7.19. The monoisotopic (exact) mass is 243 g/mol. The van der Waals surface area contributed by atoms with Crippen molar-refractivity contribution in [2.24, 2.45) is 0 Å². The van der Waals surface area contributed by atoms with Crippen molar-refractivity contribution in [1.29, 1.82) is 0 Å². The SMILES string of the molecule is ClCC1CCCCCN1Cc1ccsc1. The van der Waals surface area contributed by atoms with Crippen LogP contribution in [0, 0.1) is 0 Å². The van der Waals surface area contributed by atoms with Crippen LogP contribution in [0.5, 0.6) is 0 Å². The van der Waals surface area contributed by atoms with Gasteiger partial charge in [0, 0.05) is 18.5 Å². The molecule has 1 unspecified atom stereocenters. The van der Waals surface area contributed by atoms with E-state index in [9.17, 15) is 0 Å². The maximum Gasteiger partial charge on any atom is 0.0379 e. The van der Waals surface area contributed by atoms with Crippen LogP contribution in [0.4, 0.5) is 0 Å². The maximum atomic E-state index is 6.05. The molecule has 0 saturated carbocycles. The molecule has 84 valence electrons. The predicted octanol–water partition coefficient (Wildman–Crippen LogP) is 3.73. The van der Waals surface area contributed by atoms with Gasteiger partial charge in [0.2, 0.25) is 0 Å². The van der Waals surface area contributed by atoms with Crippen LogP contribution in [0.1, 0.15) is 31.2 Å². The van der Waals surface area contributed by atoms with Crippen LogP contribution >= 0.6 is 22.9 Å². The van der Waals surface area contributed by atoms with E-state index in [1.807, 2.05) is 0 Å². The van der Waals surface area contributed by atoms with Gasteiger partial charge in [-0.3, -0.25) is 4.90 Å². The van der Waals surface area contributed by atoms with Gasteiger partial charge in [0.25, 0.3) is 0 Å². The molecule has 2 rings (SSSR count). The lowest BCUT2D eigenvalue weighted by Gasteiger charge is -2.27. The Balaban J connectivity index is 1.97. The van der Waals surface area contributed by atoms with E-state index in [0.717, 1.165) is 12.4 Å². The largest absolute Gasteiger partial charge is 0.295 e. The number of likely N-dealkylation sites (tertiary alicyclic amines) is 1. The van der Waals surface area contributed by atoms with Crippen molar-refractivity contribution in [2.45, 2.75) is 38.3 Å². The van der Waals surface area contributed by atoms with Gasteiger partial charge in [0.05, 0.1) is 0 Å². The van der Waals surface area contributed by atoms with E-state index in [4.69, 9.17) is 11.6 Å². The van der Waals surface area contributed by atoms with Gasteiger partial charge in [0.15, 0.2) is 0 Å². The summed E-state index contributed by atoms with van der Waals surface area (Å²) in [6.07, 6.45) is 5.32. The molecule has 2 heterocycles. The van der Waals surface area contributed by atoms with Gasteiger partial charge in [-0.05, 0) is 41.8 Å². The van der Waals surface area contributed by atoms with Crippen molar-refractivity contribution in [2.75, 3.05) is 12.4 Å². The smallest absolute Gasteiger partial charge is 0.0379 e. The van der Waals surface area contributed by atoms with Gasteiger partial charge in [0.1, 0.15) is 0 Å². The number of hydrogen-bond acceptors (Lipinski definition) is 2. The fourth-order valence-corrected chi connectivity index (χ4v) is 3.25. The van der Waals surface area contributed by atoms with Crippen molar-refractivity contribution in [3.8, 4) is 0 Å². The third kappa shape index (κ3) is 3.20. The van der Waals surface area contributed by atoms with E-state index < -0.39 is 0 Å². The molecule has 1 aliphatic rings. The lowest BCUT2D eigenvalue weighted by atomic mass is 10.1. The van der Waals surface area contributed by atoms with Crippen LogP contribution in [0.2, 0.25) is 0 Å². The van der Waals surface area contributed by atoms with Crippen molar-refractivity contribution >= 4 is 22.9 Å². The average Bonchev–Trinajstić information content (AvgIpc) is 2.64. The zero-order chi connectivity index (χ0) is 10.5. The minimum Gasteiger partial charge on any atom is -0.295 e. The van der Waals surface area contributed by atoms with Gasteiger partial charge in [-0.25, -0.2) is 0 Å². The molecule has 0 bridgehead atoms. The zero-order valence-electron chi connectivity index (χ0n) is 8.99. The van der Waals surface area contributed by atoms with Crippen LogP contribution in [0.15, 0.2) is 16.8 Å². The lowest BCUT2D eigenvalue weighted by molar-refractivity contribution is 0.207. The van der Waals surface area contributed by atoms with E-state index in [0.29, 0.717) is 6.04 Å². The van der Waals surface area contributed by atoms with Crippen molar-refractivity contribution in [3.63, 3.8) is 0 Å². The molecule has 3 heteroatoms. The Morgan fingerprint density at radius 2 is 2.33 bits per heavy atom. The highest BCUT2D eigenvalue weighted by Crippen LogP contribution is 2.20. The molecule has 0 amide bonds. The molecule has 0 aromatic carbocycles. The molecule has 1 atom stereocenters. The topological polar surface area (TPSA) is 3.24 Å². The predicted molar refractivity (Wildman–Crippen MR) is 67.7 cm³/mol.